The van der Waals surface area contributed by atoms with Crippen LogP contribution < -0.4 is 5.73 Å². The summed E-state index contributed by atoms with van der Waals surface area (Å²) < 4.78 is 32.9. The van der Waals surface area contributed by atoms with E-state index in [-0.39, 0.29) is 38.6 Å². The second-order valence-electron chi connectivity index (χ2n) is 20.6. The largest absolute Gasteiger partial charge is 0.472 e. The first-order valence-corrected chi connectivity index (χ1v) is 32.1. The molecule has 0 saturated carbocycles. The molecule has 0 aromatic heterocycles. The van der Waals surface area contributed by atoms with Crippen LogP contribution in [0, 0.1) is 0 Å². The summed E-state index contributed by atoms with van der Waals surface area (Å²) in [6, 6.07) is 0. The first-order valence-electron chi connectivity index (χ1n) is 30.6. The van der Waals surface area contributed by atoms with Crippen molar-refractivity contribution >= 4 is 19.8 Å². The normalized spacial score (nSPS) is 13.3. The highest BCUT2D eigenvalue weighted by Gasteiger charge is 2.26. The number of carbonyl (C=O) groups excluding carboxylic acids is 2. The summed E-state index contributed by atoms with van der Waals surface area (Å²) in [7, 11) is -4.38. The van der Waals surface area contributed by atoms with Crippen LogP contribution in [0.2, 0.25) is 0 Å². The van der Waals surface area contributed by atoms with Gasteiger partial charge in [-0.15, -0.1) is 0 Å². The smallest absolute Gasteiger partial charge is 0.462 e. The third kappa shape index (κ3) is 57.3. The quantitative estimate of drug-likeness (QED) is 0.0264. The molecule has 0 aliphatic carbocycles. The molecule has 0 radical (unpaired) electrons. The van der Waals surface area contributed by atoms with E-state index in [1.54, 1.807) is 0 Å². The summed E-state index contributed by atoms with van der Waals surface area (Å²) in [4.78, 5) is 35.0. The monoisotopic (exact) mass is 1030 g/mol. The fourth-order valence-corrected chi connectivity index (χ4v) is 9.65. The number of rotatable bonds is 58. The fraction of sp³-hybridized carbons (Fsp3) is 0.839. The lowest BCUT2D eigenvalue weighted by Gasteiger charge is -2.19. The van der Waals surface area contributed by atoms with Gasteiger partial charge in [0.05, 0.1) is 13.2 Å². The van der Waals surface area contributed by atoms with Gasteiger partial charge in [-0.3, -0.25) is 18.6 Å². The molecule has 422 valence electrons. The molecule has 0 aliphatic heterocycles. The van der Waals surface area contributed by atoms with Crippen molar-refractivity contribution in [1.29, 1.82) is 0 Å². The standard InChI is InChI=1S/C62H116NO8P/c1-3-5-7-9-11-13-15-16-17-18-19-20-21-22-23-24-25-26-27-28-29-30-31-32-33-34-35-36-37-38-39-40-41-42-43-44-45-47-49-51-53-55-62(65)71-60(59-70-72(66,67)69-57-56-63)58-68-61(64)54-52-50-48-46-14-12-10-8-6-4-2/h8,10,15-16,18-19,21-22,60H,3-7,9,11-14,17,20,23-59,63H2,1-2H3,(H,66,67)/b10-8-,16-15-,19-18-,22-21-. The van der Waals surface area contributed by atoms with Gasteiger partial charge in [-0.2, -0.15) is 0 Å². The van der Waals surface area contributed by atoms with E-state index in [4.69, 9.17) is 24.3 Å². The van der Waals surface area contributed by atoms with Gasteiger partial charge in [0.1, 0.15) is 6.61 Å². The van der Waals surface area contributed by atoms with Gasteiger partial charge in [-0.05, 0) is 70.6 Å². The molecular formula is C62H116NO8P. The van der Waals surface area contributed by atoms with Crippen LogP contribution in [-0.2, 0) is 32.7 Å². The summed E-state index contributed by atoms with van der Waals surface area (Å²) in [6.45, 7) is 3.68. The van der Waals surface area contributed by atoms with E-state index < -0.39 is 26.5 Å². The number of carbonyl (C=O) groups is 2. The molecule has 10 heteroatoms. The van der Waals surface area contributed by atoms with Crippen LogP contribution in [0.1, 0.15) is 303 Å². The fourth-order valence-electron chi connectivity index (χ4n) is 8.88. The Morgan fingerprint density at radius 2 is 0.750 bits per heavy atom. The van der Waals surface area contributed by atoms with Gasteiger partial charge < -0.3 is 20.1 Å². The maximum absolute atomic E-state index is 12.7. The Balaban J connectivity index is 3.68. The van der Waals surface area contributed by atoms with Gasteiger partial charge in [0.15, 0.2) is 6.10 Å². The minimum atomic E-state index is -4.38. The molecule has 0 bridgehead atoms. The Kier molecular flexibility index (Phi) is 56.6. The average Bonchev–Trinajstić information content (AvgIpc) is 3.37. The van der Waals surface area contributed by atoms with Crippen LogP contribution in [0.15, 0.2) is 48.6 Å². The van der Waals surface area contributed by atoms with Crippen molar-refractivity contribution in [1.82, 2.24) is 0 Å². The van der Waals surface area contributed by atoms with E-state index in [0.717, 1.165) is 70.6 Å². The molecule has 0 spiro atoms. The predicted octanol–water partition coefficient (Wildman–Crippen LogP) is 19.4. The van der Waals surface area contributed by atoms with Crippen LogP contribution in [0.4, 0.5) is 0 Å². The Morgan fingerprint density at radius 1 is 0.417 bits per heavy atom. The topological polar surface area (TPSA) is 134 Å². The van der Waals surface area contributed by atoms with Gasteiger partial charge in [-0.25, -0.2) is 4.57 Å². The van der Waals surface area contributed by atoms with Crippen LogP contribution >= 0.6 is 7.82 Å². The number of phosphoric ester groups is 1. The van der Waals surface area contributed by atoms with E-state index in [1.807, 2.05) is 0 Å². The summed E-state index contributed by atoms with van der Waals surface area (Å²) >= 11 is 0. The number of allylic oxidation sites excluding steroid dienone is 8. The molecule has 9 nitrogen and oxygen atoms in total. The lowest BCUT2D eigenvalue weighted by atomic mass is 10.0. The molecule has 0 aliphatic rings. The highest BCUT2D eigenvalue weighted by molar-refractivity contribution is 7.47. The van der Waals surface area contributed by atoms with Gasteiger partial charge in [-0.1, -0.05) is 268 Å². The van der Waals surface area contributed by atoms with Crippen LogP contribution in [0.3, 0.4) is 0 Å². The van der Waals surface area contributed by atoms with Crippen molar-refractivity contribution < 1.29 is 37.6 Å². The van der Waals surface area contributed by atoms with E-state index >= 15 is 0 Å². The Labute approximate surface area is 445 Å². The number of hydrogen-bond donors (Lipinski definition) is 2. The molecule has 2 atom stereocenters. The SMILES string of the molecule is CCC/C=C\CCCCCCCC(=O)OCC(COP(=O)(O)OCCN)OC(=O)CCCCCCCCCCCCCCCCCCCCCCCCCCCC/C=C\C/C=C\C/C=C\CCCCCCC. The molecule has 72 heavy (non-hydrogen) atoms. The molecule has 0 aromatic rings. The molecule has 0 rings (SSSR count). The van der Waals surface area contributed by atoms with Crippen LogP contribution in [0.5, 0.6) is 0 Å². The predicted molar refractivity (Wildman–Crippen MR) is 307 cm³/mol. The van der Waals surface area contributed by atoms with Crippen LogP contribution in [-0.4, -0.2) is 49.3 Å². The number of esters is 2. The lowest BCUT2D eigenvalue weighted by molar-refractivity contribution is -0.161. The third-order valence-corrected chi connectivity index (χ3v) is 14.4. The zero-order valence-corrected chi connectivity index (χ0v) is 48.1. The van der Waals surface area contributed by atoms with Crippen molar-refractivity contribution in [3.05, 3.63) is 48.6 Å². The van der Waals surface area contributed by atoms with E-state index in [0.29, 0.717) is 6.42 Å². The second-order valence-corrected chi connectivity index (χ2v) is 22.0. The van der Waals surface area contributed by atoms with E-state index in [9.17, 15) is 19.0 Å². The highest BCUT2D eigenvalue weighted by Crippen LogP contribution is 2.43. The molecule has 0 fully saturated rings. The number of phosphoric acid groups is 1. The third-order valence-electron chi connectivity index (χ3n) is 13.4. The van der Waals surface area contributed by atoms with E-state index in [2.05, 4.69) is 62.5 Å². The summed E-state index contributed by atoms with van der Waals surface area (Å²) in [5.41, 5.74) is 5.37. The first kappa shape index (κ1) is 70.0. The van der Waals surface area contributed by atoms with Crippen molar-refractivity contribution in [3.8, 4) is 0 Å². The minimum absolute atomic E-state index is 0.0536. The first-order chi connectivity index (χ1) is 35.3. The highest BCUT2D eigenvalue weighted by atomic mass is 31.2. The van der Waals surface area contributed by atoms with Crippen LogP contribution in [0.25, 0.3) is 0 Å². The zero-order chi connectivity index (χ0) is 52.4. The van der Waals surface area contributed by atoms with E-state index in [1.165, 1.54) is 199 Å². The molecule has 0 aromatic carbocycles. The minimum Gasteiger partial charge on any atom is -0.462 e. The molecule has 0 saturated heterocycles. The zero-order valence-electron chi connectivity index (χ0n) is 47.2. The molecule has 3 N–H and O–H groups in total. The summed E-state index contributed by atoms with van der Waals surface area (Å²) in [5, 5.41) is 0. The van der Waals surface area contributed by atoms with Gasteiger partial charge in [0.25, 0.3) is 0 Å². The van der Waals surface area contributed by atoms with Crippen molar-refractivity contribution in [2.45, 2.75) is 309 Å². The van der Waals surface area contributed by atoms with Gasteiger partial charge >= 0.3 is 19.8 Å². The van der Waals surface area contributed by atoms with Crippen molar-refractivity contribution in [2.24, 2.45) is 5.73 Å². The van der Waals surface area contributed by atoms with Crippen molar-refractivity contribution in [3.63, 3.8) is 0 Å². The maximum atomic E-state index is 12.7. The molecule has 0 amide bonds. The number of unbranched alkanes of at least 4 members (excludes halogenated alkanes) is 37. The van der Waals surface area contributed by atoms with Crippen molar-refractivity contribution in [2.75, 3.05) is 26.4 Å². The second kappa shape index (κ2) is 58.2. The Bertz CT molecular complexity index is 1320. The maximum Gasteiger partial charge on any atom is 0.472 e. The number of nitrogens with two attached hydrogens (primary N) is 1. The Morgan fingerprint density at radius 3 is 1.14 bits per heavy atom. The Hall–Kier alpha value is -2.03. The lowest BCUT2D eigenvalue weighted by Crippen LogP contribution is -2.29. The number of hydrogen-bond acceptors (Lipinski definition) is 8. The molecular weight excluding hydrogens is 918 g/mol. The molecule has 2 unspecified atom stereocenters. The number of ether oxygens (including phenoxy) is 2. The molecule has 0 heterocycles. The summed E-state index contributed by atoms with van der Waals surface area (Å²) in [6.07, 6.45) is 72.3. The average molecular weight is 1030 g/mol. The van der Waals surface area contributed by atoms with Gasteiger partial charge in [0, 0.05) is 19.4 Å². The summed E-state index contributed by atoms with van der Waals surface area (Å²) in [5.74, 6) is -0.830. The van der Waals surface area contributed by atoms with Gasteiger partial charge in [0.2, 0.25) is 0 Å².